The number of carbonyl (C=O) groups excluding carboxylic acids is 3. The topological polar surface area (TPSA) is 101 Å². The summed E-state index contributed by atoms with van der Waals surface area (Å²) in [6.07, 6.45) is 2.24. The first-order valence-corrected chi connectivity index (χ1v) is 5.71. The van der Waals surface area contributed by atoms with Gasteiger partial charge in [-0.15, -0.1) is 0 Å². The molecule has 0 aromatic heterocycles. The predicted molar refractivity (Wildman–Crippen MR) is 64.1 cm³/mol. The number of imide groups is 2. The van der Waals surface area contributed by atoms with Crippen LogP contribution in [0.1, 0.15) is 40.0 Å². The van der Waals surface area contributed by atoms with Gasteiger partial charge in [0, 0.05) is 6.42 Å². The highest BCUT2D eigenvalue weighted by Crippen LogP contribution is 2.14. The quantitative estimate of drug-likeness (QED) is 0.679. The van der Waals surface area contributed by atoms with Crippen molar-refractivity contribution < 1.29 is 14.4 Å². The van der Waals surface area contributed by atoms with E-state index in [1.165, 1.54) is 0 Å². The molecule has 0 rings (SSSR count). The molecule has 0 aromatic carbocycles. The Balaban J connectivity index is 3.85. The van der Waals surface area contributed by atoms with E-state index >= 15 is 0 Å². The molecule has 0 fully saturated rings. The summed E-state index contributed by atoms with van der Waals surface area (Å²) in [7, 11) is 0. The molecule has 17 heavy (non-hydrogen) atoms. The van der Waals surface area contributed by atoms with Crippen molar-refractivity contribution in [1.29, 1.82) is 0 Å². The summed E-state index contributed by atoms with van der Waals surface area (Å²) in [6, 6.07) is -1.86. The molecule has 0 saturated heterocycles. The smallest absolute Gasteiger partial charge is 0.329 e. The fourth-order valence-corrected chi connectivity index (χ4v) is 1.36. The van der Waals surface area contributed by atoms with Gasteiger partial charge in [0.15, 0.2) is 0 Å². The number of amides is 5. The van der Waals surface area contributed by atoms with Gasteiger partial charge in [0.25, 0.3) is 0 Å². The zero-order valence-electron chi connectivity index (χ0n) is 10.6. The normalized spacial score (nSPS) is 12.0. The highest BCUT2D eigenvalue weighted by atomic mass is 16.2. The van der Waals surface area contributed by atoms with Gasteiger partial charge in [0.2, 0.25) is 5.91 Å². The maximum Gasteiger partial charge on any atom is 0.329 e. The standard InChI is InChI=1S/C11H21N3O3/c1-7(2)4-5-8(3)6-9(15)13-11(17)14-10(12)16/h7-8H,4-6H2,1-3H3,(H4,12,13,14,15,16,17). The summed E-state index contributed by atoms with van der Waals surface area (Å²) in [4.78, 5) is 32.7. The Morgan fingerprint density at radius 1 is 1.06 bits per heavy atom. The van der Waals surface area contributed by atoms with Gasteiger partial charge in [-0.3, -0.25) is 15.4 Å². The predicted octanol–water partition coefficient (Wildman–Crippen LogP) is 1.35. The van der Waals surface area contributed by atoms with Crippen LogP contribution in [0.25, 0.3) is 0 Å². The Bertz CT molecular complexity index is 290. The van der Waals surface area contributed by atoms with Crippen molar-refractivity contribution in [2.24, 2.45) is 17.6 Å². The van der Waals surface area contributed by atoms with Gasteiger partial charge < -0.3 is 5.73 Å². The lowest BCUT2D eigenvalue weighted by Gasteiger charge is -2.12. The summed E-state index contributed by atoms with van der Waals surface area (Å²) in [5, 5.41) is 3.81. The largest absolute Gasteiger partial charge is 0.351 e. The molecule has 1 atom stereocenters. The molecule has 0 radical (unpaired) electrons. The van der Waals surface area contributed by atoms with E-state index in [0.717, 1.165) is 12.8 Å². The molecule has 6 nitrogen and oxygen atoms in total. The van der Waals surface area contributed by atoms with E-state index in [1.807, 2.05) is 12.2 Å². The van der Waals surface area contributed by atoms with Crippen LogP contribution in [0.2, 0.25) is 0 Å². The number of primary amides is 1. The molecular weight excluding hydrogens is 222 g/mol. The lowest BCUT2D eigenvalue weighted by atomic mass is 9.96. The third-order valence-corrected chi connectivity index (χ3v) is 2.26. The third kappa shape index (κ3) is 9.35. The van der Waals surface area contributed by atoms with Crippen molar-refractivity contribution >= 4 is 18.0 Å². The minimum Gasteiger partial charge on any atom is -0.351 e. The Labute approximate surface area is 101 Å². The van der Waals surface area contributed by atoms with E-state index in [0.29, 0.717) is 5.92 Å². The van der Waals surface area contributed by atoms with Crippen molar-refractivity contribution in [3.8, 4) is 0 Å². The second-order valence-corrected chi connectivity index (χ2v) is 4.65. The maximum absolute atomic E-state index is 11.4. The highest BCUT2D eigenvalue weighted by molar-refractivity contribution is 6.01. The number of hydrogen-bond acceptors (Lipinski definition) is 3. The number of rotatable bonds is 5. The van der Waals surface area contributed by atoms with E-state index in [1.54, 1.807) is 5.32 Å². The second-order valence-electron chi connectivity index (χ2n) is 4.65. The summed E-state index contributed by atoms with van der Waals surface area (Å²) < 4.78 is 0. The Morgan fingerprint density at radius 3 is 2.12 bits per heavy atom. The van der Waals surface area contributed by atoms with Crippen molar-refractivity contribution in [2.45, 2.75) is 40.0 Å². The van der Waals surface area contributed by atoms with Crippen molar-refractivity contribution in [3.05, 3.63) is 0 Å². The van der Waals surface area contributed by atoms with Gasteiger partial charge in [-0.25, -0.2) is 9.59 Å². The van der Waals surface area contributed by atoms with Crippen LogP contribution in [0, 0.1) is 11.8 Å². The summed E-state index contributed by atoms with van der Waals surface area (Å²) in [5.74, 6) is 0.400. The van der Waals surface area contributed by atoms with Gasteiger partial charge in [-0.2, -0.15) is 0 Å². The van der Waals surface area contributed by atoms with Crippen LogP contribution in [-0.4, -0.2) is 18.0 Å². The number of urea groups is 2. The third-order valence-electron chi connectivity index (χ3n) is 2.26. The summed E-state index contributed by atoms with van der Waals surface area (Å²) in [5.41, 5.74) is 4.73. The number of carbonyl (C=O) groups is 3. The van der Waals surface area contributed by atoms with Crippen LogP contribution in [-0.2, 0) is 4.79 Å². The Hall–Kier alpha value is -1.59. The molecule has 0 aromatic rings. The molecule has 5 amide bonds. The van der Waals surface area contributed by atoms with Crippen molar-refractivity contribution in [2.75, 3.05) is 0 Å². The average molecular weight is 243 g/mol. The van der Waals surface area contributed by atoms with E-state index < -0.39 is 18.0 Å². The maximum atomic E-state index is 11.4. The molecule has 98 valence electrons. The first-order valence-electron chi connectivity index (χ1n) is 5.71. The summed E-state index contributed by atoms with van der Waals surface area (Å²) in [6.45, 7) is 6.19. The highest BCUT2D eigenvalue weighted by Gasteiger charge is 2.13. The van der Waals surface area contributed by atoms with Crippen LogP contribution in [0.15, 0.2) is 0 Å². The van der Waals surface area contributed by atoms with Gasteiger partial charge in [-0.1, -0.05) is 27.2 Å². The monoisotopic (exact) mass is 243 g/mol. The molecule has 1 unspecified atom stereocenters. The minimum absolute atomic E-state index is 0.207. The fraction of sp³-hybridized carbons (Fsp3) is 0.727. The van der Waals surface area contributed by atoms with Crippen LogP contribution in [0.5, 0.6) is 0 Å². The molecular formula is C11H21N3O3. The number of nitrogens with two attached hydrogens (primary N) is 1. The lowest BCUT2D eigenvalue weighted by molar-refractivity contribution is -0.120. The lowest BCUT2D eigenvalue weighted by Crippen LogP contribution is -2.44. The average Bonchev–Trinajstić information content (AvgIpc) is 2.12. The molecule has 0 saturated carbocycles. The van der Waals surface area contributed by atoms with Gasteiger partial charge in [0.1, 0.15) is 0 Å². The van der Waals surface area contributed by atoms with Gasteiger partial charge >= 0.3 is 12.1 Å². The zero-order valence-corrected chi connectivity index (χ0v) is 10.6. The summed E-state index contributed by atoms with van der Waals surface area (Å²) >= 11 is 0. The SMILES string of the molecule is CC(C)CCC(C)CC(=O)NC(=O)NC(N)=O. The molecule has 0 heterocycles. The molecule has 0 aliphatic carbocycles. The van der Waals surface area contributed by atoms with E-state index in [9.17, 15) is 14.4 Å². The zero-order chi connectivity index (χ0) is 13.4. The van der Waals surface area contributed by atoms with Crippen LogP contribution >= 0.6 is 0 Å². The van der Waals surface area contributed by atoms with E-state index in [4.69, 9.17) is 5.73 Å². The van der Waals surface area contributed by atoms with Crippen molar-refractivity contribution in [3.63, 3.8) is 0 Å². The molecule has 0 aliphatic heterocycles. The molecule has 0 spiro atoms. The molecule has 4 N–H and O–H groups in total. The van der Waals surface area contributed by atoms with Gasteiger partial charge in [0.05, 0.1) is 0 Å². The first-order chi connectivity index (χ1) is 7.81. The fourth-order valence-electron chi connectivity index (χ4n) is 1.36. The molecule has 0 bridgehead atoms. The van der Waals surface area contributed by atoms with Crippen molar-refractivity contribution in [1.82, 2.24) is 10.6 Å². The van der Waals surface area contributed by atoms with E-state index in [-0.39, 0.29) is 12.3 Å². The number of nitrogens with one attached hydrogen (secondary N) is 2. The number of hydrogen-bond donors (Lipinski definition) is 3. The first kappa shape index (κ1) is 15.4. The molecule has 0 aliphatic rings. The minimum atomic E-state index is -0.983. The second kappa shape index (κ2) is 7.65. The van der Waals surface area contributed by atoms with Gasteiger partial charge in [-0.05, 0) is 18.3 Å². The Morgan fingerprint density at radius 2 is 1.65 bits per heavy atom. The van der Waals surface area contributed by atoms with E-state index in [2.05, 4.69) is 13.8 Å². The van der Waals surface area contributed by atoms with Crippen LogP contribution < -0.4 is 16.4 Å². The van der Waals surface area contributed by atoms with Crippen LogP contribution in [0.3, 0.4) is 0 Å². The molecule has 6 heteroatoms. The van der Waals surface area contributed by atoms with Crippen LogP contribution in [0.4, 0.5) is 9.59 Å². The Kier molecular flexibility index (Phi) is 6.93.